The van der Waals surface area contributed by atoms with Crippen LogP contribution in [0.15, 0.2) is 18.2 Å². The topological polar surface area (TPSA) is 46.2 Å². The molecule has 1 aromatic rings. The minimum absolute atomic E-state index is 0.247. The monoisotopic (exact) mass is 179 g/mol. The SMILES string of the molecule is Cc1ccc([C@](C)(O)CN)c(C)c1. The molecular weight excluding hydrogens is 162 g/mol. The van der Waals surface area contributed by atoms with E-state index in [1.807, 2.05) is 26.0 Å². The average Bonchev–Trinajstić information content (AvgIpc) is 2.03. The van der Waals surface area contributed by atoms with Crippen molar-refractivity contribution in [3.05, 3.63) is 34.9 Å². The number of hydrogen-bond acceptors (Lipinski definition) is 2. The van der Waals surface area contributed by atoms with Gasteiger partial charge < -0.3 is 10.8 Å². The second-order valence-electron chi connectivity index (χ2n) is 3.80. The van der Waals surface area contributed by atoms with Crippen LogP contribution in [-0.2, 0) is 5.60 Å². The zero-order valence-electron chi connectivity index (χ0n) is 8.46. The van der Waals surface area contributed by atoms with Gasteiger partial charge in [0.25, 0.3) is 0 Å². The number of nitrogens with two attached hydrogens (primary N) is 1. The van der Waals surface area contributed by atoms with E-state index in [4.69, 9.17) is 5.73 Å². The molecule has 0 amide bonds. The van der Waals surface area contributed by atoms with Gasteiger partial charge in [0.05, 0.1) is 5.60 Å². The first-order chi connectivity index (χ1) is 5.97. The van der Waals surface area contributed by atoms with E-state index >= 15 is 0 Å². The lowest BCUT2D eigenvalue weighted by atomic mass is 9.91. The summed E-state index contributed by atoms with van der Waals surface area (Å²) in [6, 6.07) is 5.99. The molecule has 1 atom stereocenters. The maximum atomic E-state index is 9.94. The minimum atomic E-state index is -0.905. The zero-order valence-corrected chi connectivity index (χ0v) is 8.46. The molecule has 0 saturated heterocycles. The minimum Gasteiger partial charge on any atom is -0.384 e. The van der Waals surface area contributed by atoms with E-state index in [-0.39, 0.29) is 6.54 Å². The predicted octanol–water partition coefficient (Wildman–Crippen LogP) is 1.47. The van der Waals surface area contributed by atoms with Crippen molar-refractivity contribution in [1.82, 2.24) is 0 Å². The summed E-state index contributed by atoms with van der Waals surface area (Å²) in [6.07, 6.45) is 0. The second-order valence-corrected chi connectivity index (χ2v) is 3.80. The molecule has 0 aliphatic heterocycles. The molecule has 0 aliphatic rings. The molecule has 0 bridgehead atoms. The average molecular weight is 179 g/mol. The maximum absolute atomic E-state index is 9.94. The molecule has 0 radical (unpaired) electrons. The molecule has 0 fully saturated rings. The van der Waals surface area contributed by atoms with E-state index < -0.39 is 5.60 Å². The lowest BCUT2D eigenvalue weighted by molar-refractivity contribution is 0.0662. The third-order valence-corrected chi connectivity index (χ3v) is 2.36. The lowest BCUT2D eigenvalue weighted by Gasteiger charge is -2.23. The van der Waals surface area contributed by atoms with Crippen molar-refractivity contribution in [2.24, 2.45) is 5.73 Å². The fourth-order valence-corrected chi connectivity index (χ4v) is 1.53. The molecule has 0 aromatic heterocycles. The van der Waals surface area contributed by atoms with Crippen molar-refractivity contribution in [2.45, 2.75) is 26.4 Å². The maximum Gasteiger partial charge on any atom is 0.0992 e. The molecule has 0 aliphatic carbocycles. The van der Waals surface area contributed by atoms with Gasteiger partial charge in [-0.05, 0) is 31.9 Å². The first-order valence-corrected chi connectivity index (χ1v) is 4.47. The summed E-state index contributed by atoms with van der Waals surface area (Å²) in [5.41, 5.74) is 7.80. The molecule has 3 N–H and O–H groups in total. The molecule has 1 rings (SSSR count). The Morgan fingerprint density at radius 3 is 2.46 bits per heavy atom. The summed E-state index contributed by atoms with van der Waals surface area (Å²) in [7, 11) is 0. The Balaban J connectivity index is 3.16. The Morgan fingerprint density at radius 1 is 1.38 bits per heavy atom. The van der Waals surface area contributed by atoms with E-state index in [2.05, 4.69) is 6.07 Å². The summed E-state index contributed by atoms with van der Waals surface area (Å²) in [5.74, 6) is 0. The number of aliphatic hydroxyl groups is 1. The summed E-state index contributed by atoms with van der Waals surface area (Å²) in [4.78, 5) is 0. The van der Waals surface area contributed by atoms with Crippen LogP contribution in [0.5, 0.6) is 0 Å². The Kier molecular flexibility index (Phi) is 2.74. The summed E-state index contributed by atoms with van der Waals surface area (Å²) in [6.45, 7) is 6.02. The predicted molar refractivity (Wildman–Crippen MR) is 54.5 cm³/mol. The molecule has 0 saturated carbocycles. The van der Waals surface area contributed by atoms with Crippen molar-refractivity contribution >= 4 is 0 Å². The van der Waals surface area contributed by atoms with Crippen LogP contribution in [0.4, 0.5) is 0 Å². The van der Waals surface area contributed by atoms with Crippen molar-refractivity contribution in [3.8, 4) is 0 Å². The normalized spacial score (nSPS) is 15.5. The van der Waals surface area contributed by atoms with Crippen molar-refractivity contribution in [2.75, 3.05) is 6.54 Å². The van der Waals surface area contributed by atoms with Crippen LogP contribution >= 0.6 is 0 Å². The van der Waals surface area contributed by atoms with Crippen LogP contribution in [0, 0.1) is 13.8 Å². The van der Waals surface area contributed by atoms with Crippen LogP contribution in [0.25, 0.3) is 0 Å². The lowest BCUT2D eigenvalue weighted by Crippen LogP contribution is -2.32. The fraction of sp³-hybridized carbons (Fsp3) is 0.455. The smallest absolute Gasteiger partial charge is 0.0992 e. The van der Waals surface area contributed by atoms with E-state index in [1.165, 1.54) is 5.56 Å². The van der Waals surface area contributed by atoms with E-state index in [1.54, 1.807) is 6.92 Å². The van der Waals surface area contributed by atoms with Gasteiger partial charge in [-0.1, -0.05) is 23.8 Å². The Hall–Kier alpha value is -0.860. The van der Waals surface area contributed by atoms with E-state index in [9.17, 15) is 5.11 Å². The van der Waals surface area contributed by atoms with Crippen LogP contribution in [-0.4, -0.2) is 11.7 Å². The molecule has 13 heavy (non-hydrogen) atoms. The van der Waals surface area contributed by atoms with Gasteiger partial charge in [0.2, 0.25) is 0 Å². The molecule has 0 heterocycles. The van der Waals surface area contributed by atoms with Gasteiger partial charge in [-0.15, -0.1) is 0 Å². The standard InChI is InChI=1S/C11H17NO/c1-8-4-5-10(9(2)6-8)11(3,13)7-12/h4-6,13H,7,12H2,1-3H3/t11-/m1/s1. The van der Waals surface area contributed by atoms with Gasteiger partial charge in [0.1, 0.15) is 0 Å². The van der Waals surface area contributed by atoms with Gasteiger partial charge in [0.15, 0.2) is 0 Å². The van der Waals surface area contributed by atoms with E-state index in [0.29, 0.717) is 0 Å². The molecule has 0 spiro atoms. The fourth-order valence-electron chi connectivity index (χ4n) is 1.53. The Morgan fingerprint density at radius 2 is 2.00 bits per heavy atom. The number of aryl methyl sites for hydroxylation is 2. The number of rotatable bonds is 2. The third-order valence-electron chi connectivity index (χ3n) is 2.36. The van der Waals surface area contributed by atoms with Crippen LogP contribution in [0.1, 0.15) is 23.6 Å². The Labute approximate surface area is 79.4 Å². The first-order valence-electron chi connectivity index (χ1n) is 4.47. The number of benzene rings is 1. The summed E-state index contributed by atoms with van der Waals surface area (Å²) >= 11 is 0. The highest BCUT2D eigenvalue weighted by atomic mass is 16.3. The van der Waals surface area contributed by atoms with Gasteiger partial charge in [-0.3, -0.25) is 0 Å². The highest BCUT2D eigenvalue weighted by Crippen LogP contribution is 2.23. The van der Waals surface area contributed by atoms with Crippen molar-refractivity contribution in [1.29, 1.82) is 0 Å². The van der Waals surface area contributed by atoms with Crippen LogP contribution < -0.4 is 5.73 Å². The first kappa shape index (κ1) is 10.2. The van der Waals surface area contributed by atoms with Gasteiger partial charge >= 0.3 is 0 Å². The van der Waals surface area contributed by atoms with Crippen LogP contribution in [0.3, 0.4) is 0 Å². The molecule has 72 valence electrons. The van der Waals surface area contributed by atoms with Crippen LogP contribution in [0.2, 0.25) is 0 Å². The summed E-state index contributed by atoms with van der Waals surface area (Å²) in [5, 5.41) is 9.94. The third kappa shape index (κ3) is 2.08. The molecule has 2 nitrogen and oxygen atoms in total. The van der Waals surface area contributed by atoms with Gasteiger partial charge in [0, 0.05) is 6.54 Å². The Bertz CT molecular complexity index is 305. The largest absolute Gasteiger partial charge is 0.384 e. The summed E-state index contributed by atoms with van der Waals surface area (Å²) < 4.78 is 0. The molecule has 2 heteroatoms. The highest BCUT2D eigenvalue weighted by Gasteiger charge is 2.22. The highest BCUT2D eigenvalue weighted by molar-refractivity contribution is 5.34. The van der Waals surface area contributed by atoms with Crippen molar-refractivity contribution in [3.63, 3.8) is 0 Å². The zero-order chi connectivity index (χ0) is 10.1. The molecule has 1 aromatic carbocycles. The molecular formula is C11H17NO. The van der Waals surface area contributed by atoms with Gasteiger partial charge in [-0.25, -0.2) is 0 Å². The second kappa shape index (κ2) is 3.48. The number of hydrogen-bond donors (Lipinski definition) is 2. The quantitative estimate of drug-likeness (QED) is 0.722. The van der Waals surface area contributed by atoms with Crippen molar-refractivity contribution < 1.29 is 5.11 Å². The van der Waals surface area contributed by atoms with Gasteiger partial charge in [-0.2, -0.15) is 0 Å². The molecule has 0 unspecified atom stereocenters. The van der Waals surface area contributed by atoms with E-state index in [0.717, 1.165) is 11.1 Å².